The van der Waals surface area contributed by atoms with E-state index in [2.05, 4.69) is 4.98 Å². The number of fused-ring (bicyclic) bond motifs is 3. The van der Waals surface area contributed by atoms with E-state index in [0.29, 0.717) is 12.1 Å². The normalized spacial score (nSPS) is 12.6. The lowest BCUT2D eigenvalue weighted by molar-refractivity contribution is 0.176. The summed E-state index contributed by atoms with van der Waals surface area (Å²) in [5, 5.41) is 12.5. The van der Waals surface area contributed by atoms with E-state index in [1.807, 2.05) is 62.4 Å². The van der Waals surface area contributed by atoms with Crippen molar-refractivity contribution in [3.8, 4) is 0 Å². The first-order valence-electron chi connectivity index (χ1n) is 8.71. The molecule has 0 aliphatic heterocycles. The van der Waals surface area contributed by atoms with Gasteiger partial charge in [-0.2, -0.15) is 0 Å². The molecule has 4 nitrogen and oxygen atoms in total. The lowest BCUT2D eigenvalue weighted by atomic mass is 9.99. The number of nitrogens with zero attached hydrogens (tertiary/aromatic N) is 2. The number of nitrogen functional groups attached to an aromatic ring is 1. The van der Waals surface area contributed by atoms with Crippen molar-refractivity contribution in [2.24, 2.45) is 0 Å². The Balaban J connectivity index is 1.76. The minimum Gasteiger partial charge on any atom is -0.398 e. The van der Waals surface area contributed by atoms with E-state index in [9.17, 15) is 5.11 Å². The molecule has 2 heterocycles. The van der Waals surface area contributed by atoms with Crippen molar-refractivity contribution in [3.63, 3.8) is 0 Å². The first-order chi connectivity index (χ1) is 12.5. The maximum Gasteiger partial charge on any atom is 0.0895 e. The third kappa shape index (κ3) is 2.78. The molecule has 4 rings (SSSR count). The van der Waals surface area contributed by atoms with Crippen LogP contribution < -0.4 is 5.73 Å². The molecule has 0 spiro atoms. The quantitative estimate of drug-likeness (QED) is 0.431. The Hall–Kier alpha value is -2.98. The summed E-state index contributed by atoms with van der Waals surface area (Å²) < 4.78 is 0. The zero-order valence-electron chi connectivity index (χ0n) is 14.9. The minimum atomic E-state index is -0.582. The molecule has 4 heteroatoms. The summed E-state index contributed by atoms with van der Waals surface area (Å²) in [6.07, 6.45) is 1.66. The molecule has 1 atom stereocenters. The molecule has 1 unspecified atom stereocenters. The molecule has 0 aliphatic carbocycles. The third-order valence-corrected chi connectivity index (χ3v) is 4.93. The molecule has 0 saturated carbocycles. The van der Waals surface area contributed by atoms with Crippen molar-refractivity contribution in [2.75, 3.05) is 5.73 Å². The van der Waals surface area contributed by atoms with Crippen LogP contribution >= 0.6 is 0 Å². The zero-order valence-corrected chi connectivity index (χ0v) is 14.9. The smallest absolute Gasteiger partial charge is 0.0895 e. The van der Waals surface area contributed by atoms with Crippen molar-refractivity contribution in [1.29, 1.82) is 0 Å². The second-order valence-corrected chi connectivity index (χ2v) is 6.77. The molecule has 0 radical (unpaired) electrons. The Kier molecular flexibility index (Phi) is 4.05. The molecule has 0 fully saturated rings. The minimum absolute atomic E-state index is 0.460. The second-order valence-electron chi connectivity index (χ2n) is 6.77. The van der Waals surface area contributed by atoms with Crippen LogP contribution in [0.2, 0.25) is 0 Å². The maximum absolute atomic E-state index is 10.6. The van der Waals surface area contributed by atoms with E-state index in [4.69, 9.17) is 10.7 Å². The van der Waals surface area contributed by atoms with Crippen molar-refractivity contribution < 1.29 is 5.11 Å². The molecule has 0 bridgehead atoms. The average Bonchev–Trinajstić information content (AvgIpc) is 2.64. The van der Waals surface area contributed by atoms with Gasteiger partial charge in [0.15, 0.2) is 0 Å². The molecular weight excluding hydrogens is 322 g/mol. The molecule has 0 amide bonds. The topological polar surface area (TPSA) is 72.0 Å². The standard InChI is InChI=1S/C22H21N3O/c1-13-5-3-4-6-16(13)20(26)11-15-8-9-17-19(25-15)12-24-22-14(2)7-10-18(23)21(17)22/h3-10,12,20,26H,11,23H2,1-2H3. The number of nitrogens with two attached hydrogens (primary N) is 1. The van der Waals surface area contributed by atoms with E-state index in [0.717, 1.165) is 44.2 Å². The van der Waals surface area contributed by atoms with Crippen LogP contribution in [0.15, 0.2) is 54.7 Å². The van der Waals surface area contributed by atoms with E-state index in [-0.39, 0.29) is 0 Å². The summed E-state index contributed by atoms with van der Waals surface area (Å²) in [5.41, 5.74) is 12.5. The predicted octanol–water partition coefficient (Wildman–Crippen LogP) is 4.26. The van der Waals surface area contributed by atoms with Gasteiger partial charge in [0.1, 0.15) is 0 Å². The fourth-order valence-corrected chi connectivity index (χ4v) is 3.50. The first-order valence-corrected chi connectivity index (χ1v) is 8.71. The Morgan fingerprint density at radius 1 is 1.00 bits per heavy atom. The summed E-state index contributed by atoms with van der Waals surface area (Å²) >= 11 is 0. The lowest BCUT2D eigenvalue weighted by Crippen LogP contribution is -2.05. The number of aliphatic hydroxyl groups is 1. The van der Waals surface area contributed by atoms with Crippen LogP contribution in [0.4, 0.5) is 5.69 Å². The van der Waals surface area contributed by atoms with Crippen LogP contribution in [0, 0.1) is 13.8 Å². The Bertz CT molecular complexity index is 1120. The van der Waals surface area contributed by atoms with Gasteiger partial charge in [0.2, 0.25) is 0 Å². The van der Waals surface area contributed by atoms with E-state index in [1.165, 1.54) is 0 Å². The summed E-state index contributed by atoms with van der Waals surface area (Å²) in [6, 6.07) is 15.8. The number of anilines is 1. The number of hydrogen-bond acceptors (Lipinski definition) is 4. The van der Waals surface area contributed by atoms with E-state index in [1.54, 1.807) is 6.20 Å². The Morgan fingerprint density at radius 3 is 2.62 bits per heavy atom. The van der Waals surface area contributed by atoms with E-state index < -0.39 is 6.10 Å². The van der Waals surface area contributed by atoms with Crippen LogP contribution in [-0.4, -0.2) is 15.1 Å². The highest BCUT2D eigenvalue weighted by atomic mass is 16.3. The van der Waals surface area contributed by atoms with Gasteiger partial charge in [0.25, 0.3) is 0 Å². The van der Waals surface area contributed by atoms with Gasteiger partial charge in [-0.15, -0.1) is 0 Å². The van der Waals surface area contributed by atoms with Crippen molar-refractivity contribution in [1.82, 2.24) is 9.97 Å². The van der Waals surface area contributed by atoms with Gasteiger partial charge >= 0.3 is 0 Å². The average molecular weight is 343 g/mol. The number of benzene rings is 2. The van der Waals surface area contributed by atoms with Crippen LogP contribution in [0.1, 0.15) is 28.5 Å². The fraction of sp³-hybridized carbons (Fsp3) is 0.182. The lowest BCUT2D eigenvalue weighted by Gasteiger charge is -2.14. The van der Waals surface area contributed by atoms with Gasteiger partial charge in [0, 0.05) is 28.6 Å². The van der Waals surface area contributed by atoms with Crippen molar-refractivity contribution in [2.45, 2.75) is 26.4 Å². The van der Waals surface area contributed by atoms with Gasteiger partial charge in [-0.05, 0) is 42.7 Å². The van der Waals surface area contributed by atoms with Crippen LogP contribution in [-0.2, 0) is 6.42 Å². The number of hydrogen-bond donors (Lipinski definition) is 2. The monoisotopic (exact) mass is 343 g/mol. The number of rotatable bonds is 3. The van der Waals surface area contributed by atoms with Gasteiger partial charge < -0.3 is 10.8 Å². The van der Waals surface area contributed by atoms with Crippen LogP contribution in [0.3, 0.4) is 0 Å². The number of pyridine rings is 2. The second kappa shape index (κ2) is 6.39. The van der Waals surface area contributed by atoms with Gasteiger partial charge in [-0.3, -0.25) is 9.97 Å². The maximum atomic E-state index is 10.6. The molecule has 26 heavy (non-hydrogen) atoms. The number of aromatic nitrogens is 2. The Labute approximate surface area is 152 Å². The SMILES string of the molecule is Cc1ccccc1C(O)Cc1ccc2c(cnc3c(C)ccc(N)c32)n1. The molecule has 0 saturated heterocycles. The van der Waals surface area contributed by atoms with E-state index >= 15 is 0 Å². The number of aryl methyl sites for hydroxylation is 2. The van der Waals surface area contributed by atoms with Crippen molar-refractivity contribution in [3.05, 3.63) is 77.1 Å². The molecule has 3 N–H and O–H groups in total. The molecular formula is C22H21N3O. The van der Waals surface area contributed by atoms with Gasteiger partial charge in [-0.25, -0.2) is 0 Å². The summed E-state index contributed by atoms with van der Waals surface area (Å²) in [7, 11) is 0. The number of aliphatic hydroxyl groups excluding tert-OH is 1. The first kappa shape index (κ1) is 16.5. The highest BCUT2D eigenvalue weighted by Crippen LogP contribution is 2.30. The van der Waals surface area contributed by atoms with Crippen LogP contribution in [0.5, 0.6) is 0 Å². The Morgan fingerprint density at radius 2 is 1.81 bits per heavy atom. The fourth-order valence-electron chi connectivity index (χ4n) is 3.50. The highest BCUT2D eigenvalue weighted by molar-refractivity contribution is 6.10. The largest absolute Gasteiger partial charge is 0.398 e. The van der Waals surface area contributed by atoms with Gasteiger partial charge in [0.05, 0.1) is 23.3 Å². The molecule has 2 aromatic carbocycles. The predicted molar refractivity (Wildman–Crippen MR) is 106 cm³/mol. The molecule has 2 aromatic heterocycles. The summed E-state index contributed by atoms with van der Waals surface area (Å²) in [4.78, 5) is 9.27. The van der Waals surface area contributed by atoms with Gasteiger partial charge in [-0.1, -0.05) is 36.4 Å². The molecule has 130 valence electrons. The molecule has 0 aliphatic rings. The summed E-state index contributed by atoms with van der Waals surface area (Å²) in [5.74, 6) is 0. The molecule has 4 aromatic rings. The summed E-state index contributed by atoms with van der Waals surface area (Å²) in [6.45, 7) is 4.04. The third-order valence-electron chi connectivity index (χ3n) is 4.93. The van der Waals surface area contributed by atoms with Crippen LogP contribution in [0.25, 0.3) is 21.8 Å². The highest BCUT2D eigenvalue weighted by Gasteiger charge is 2.13. The zero-order chi connectivity index (χ0) is 18.3. The van der Waals surface area contributed by atoms with Crippen molar-refractivity contribution >= 4 is 27.5 Å².